The van der Waals surface area contributed by atoms with Gasteiger partial charge in [0.15, 0.2) is 0 Å². The van der Waals surface area contributed by atoms with E-state index < -0.39 is 0 Å². The second-order valence-electron chi connectivity index (χ2n) is 6.95. The van der Waals surface area contributed by atoms with Gasteiger partial charge in [0.2, 0.25) is 0 Å². The van der Waals surface area contributed by atoms with Gasteiger partial charge in [-0.3, -0.25) is 0 Å². The number of nitrogens with zero attached hydrogens (tertiary/aromatic N) is 1. The Morgan fingerprint density at radius 2 is 2.08 bits per heavy atom. The third kappa shape index (κ3) is 2.91. The number of rotatable bonds is 4. The first kappa shape index (κ1) is 17.6. The van der Waals surface area contributed by atoms with Gasteiger partial charge in [-0.1, -0.05) is 43.1 Å². The first-order valence-corrected chi connectivity index (χ1v) is 9.31. The average Bonchev–Trinajstić information content (AvgIpc) is 2.82. The summed E-state index contributed by atoms with van der Waals surface area (Å²) in [6, 6.07) is 5.74. The van der Waals surface area contributed by atoms with Crippen molar-refractivity contribution in [3.63, 3.8) is 0 Å². The predicted molar refractivity (Wildman–Crippen MR) is 101 cm³/mol. The minimum atomic E-state index is 0.313. The highest BCUT2D eigenvalue weighted by Gasteiger charge is 2.31. The zero-order chi connectivity index (χ0) is 17.4. The van der Waals surface area contributed by atoms with Crippen LogP contribution < -0.4 is 0 Å². The Morgan fingerprint density at radius 3 is 2.71 bits per heavy atom. The minimum absolute atomic E-state index is 0.313. The molecule has 1 aliphatic carbocycles. The van der Waals surface area contributed by atoms with E-state index in [9.17, 15) is 4.79 Å². The molecule has 128 valence electrons. The molecule has 1 aromatic heterocycles. The average molecular weight is 364 g/mol. The maximum atomic E-state index is 11.1. The van der Waals surface area contributed by atoms with Crippen LogP contribution in [-0.4, -0.2) is 10.9 Å². The highest BCUT2D eigenvalue weighted by Crippen LogP contribution is 2.46. The molecular formula is C20H23Cl2NO. The maximum Gasteiger partial charge on any atom is 0.120 e. The zero-order valence-corrected chi connectivity index (χ0v) is 15.9. The van der Waals surface area contributed by atoms with Crippen LogP contribution in [0.3, 0.4) is 0 Å². The van der Waals surface area contributed by atoms with Gasteiger partial charge < -0.3 is 9.36 Å². The second-order valence-corrected chi connectivity index (χ2v) is 7.80. The third-order valence-corrected chi connectivity index (χ3v) is 5.63. The van der Waals surface area contributed by atoms with Crippen molar-refractivity contribution in [3.05, 3.63) is 45.2 Å². The van der Waals surface area contributed by atoms with Crippen molar-refractivity contribution in [2.45, 2.75) is 51.4 Å². The van der Waals surface area contributed by atoms with Gasteiger partial charge in [-0.15, -0.1) is 0 Å². The Balaban J connectivity index is 2.29. The van der Waals surface area contributed by atoms with E-state index >= 15 is 0 Å². The van der Waals surface area contributed by atoms with Crippen LogP contribution in [0.4, 0.5) is 0 Å². The lowest BCUT2D eigenvalue weighted by molar-refractivity contribution is -0.108. The number of aromatic nitrogens is 1. The number of hydrogen-bond acceptors (Lipinski definition) is 1. The summed E-state index contributed by atoms with van der Waals surface area (Å²) in [6.45, 7) is 4.42. The van der Waals surface area contributed by atoms with Crippen LogP contribution in [0.2, 0.25) is 10.0 Å². The van der Waals surface area contributed by atoms with Gasteiger partial charge in [0.25, 0.3) is 0 Å². The Labute approximate surface area is 153 Å². The number of hydrogen-bond donors (Lipinski definition) is 0. The van der Waals surface area contributed by atoms with Crippen LogP contribution in [-0.2, 0) is 18.3 Å². The molecule has 0 saturated heterocycles. The van der Waals surface area contributed by atoms with Crippen molar-refractivity contribution >= 4 is 29.5 Å². The van der Waals surface area contributed by atoms with Crippen molar-refractivity contribution < 1.29 is 4.79 Å². The molecule has 0 spiro atoms. The van der Waals surface area contributed by atoms with Crippen LogP contribution in [0, 0.1) is 0 Å². The standard InChI is InChI=1S/C20H23Cl2NO/c1-12(2)19-18(15-8-7-14(21)11-17(15)22)16-6-4-5-13(9-10-24)20(16)23(19)3/h7-8,10-13H,4-6,9H2,1-3H3. The largest absolute Gasteiger partial charge is 0.350 e. The maximum absolute atomic E-state index is 11.1. The number of carbonyl (C=O) groups excluding carboxylic acids is 1. The molecule has 0 aliphatic heterocycles. The lowest BCUT2D eigenvalue weighted by Crippen LogP contribution is -2.14. The van der Waals surface area contributed by atoms with Gasteiger partial charge in [-0.05, 0) is 42.9 Å². The zero-order valence-electron chi connectivity index (χ0n) is 14.4. The number of carbonyl (C=O) groups is 1. The van der Waals surface area contributed by atoms with Crippen LogP contribution >= 0.6 is 23.2 Å². The molecular weight excluding hydrogens is 341 g/mol. The summed E-state index contributed by atoms with van der Waals surface area (Å²) in [7, 11) is 2.13. The molecule has 2 nitrogen and oxygen atoms in total. The van der Waals surface area contributed by atoms with Gasteiger partial charge in [0.05, 0.1) is 0 Å². The fourth-order valence-electron chi connectivity index (χ4n) is 4.23. The van der Waals surface area contributed by atoms with E-state index in [0.29, 0.717) is 28.3 Å². The van der Waals surface area contributed by atoms with Crippen LogP contribution in [0.5, 0.6) is 0 Å². The number of aldehydes is 1. The van der Waals surface area contributed by atoms with Gasteiger partial charge in [-0.2, -0.15) is 0 Å². The van der Waals surface area contributed by atoms with Crippen molar-refractivity contribution in [3.8, 4) is 11.1 Å². The highest BCUT2D eigenvalue weighted by molar-refractivity contribution is 6.36. The van der Waals surface area contributed by atoms with Crippen LogP contribution in [0.15, 0.2) is 18.2 Å². The molecule has 2 aromatic rings. The quantitative estimate of drug-likeness (QED) is 0.598. The molecule has 24 heavy (non-hydrogen) atoms. The Hall–Kier alpha value is -1.25. The molecule has 4 heteroatoms. The minimum Gasteiger partial charge on any atom is -0.350 e. The first-order valence-electron chi connectivity index (χ1n) is 8.56. The van der Waals surface area contributed by atoms with Gasteiger partial charge >= 0.3 is 0 Å². The monoisotopic (exact) mass is 363 g/mol. The van der Waals surface area contributed by atoms with Gasteiger partial charge in [-0.25, -0.2) is 0 Å². The summed E-state index contributed by atoms with van der Waals surface area (Å²) in [4.78, 5) is 11.1. The van der Waals surface area contributed by atoms with Gasteiger partial charge in [0.1, 0.15) is 6.29 Å². The number of fused-ring (bicyclic) bond motifs is 1. The van der Waals surface area contributed by atoms with E-state index in [-0.39, 0.29) is 0 Å². The molecule has 1 aromatic carbocycles. The molecule has 0 radical (unpaired) electrons. The van der Waals surface area contributed by atoms with Crippen LogP contribution in [0.25, 0.3) is 11.1 Å². The highest BCUT2D eigenvalue weighted by atomic mass is 35.5. The molecule has 0 fully saturated rings. The molecule has 0 N–H and O–H groups in total. The number of benzene rings is 1. The van der Waals surface area contributed by atoms with E-state index in [2.05, 4.69) is 25.5 Å². The third-order valence-electron chi connectivity index (χ3n) is 5.08. The molecule has 0 amide bonds. The molecule has 0 bridgehead atoms. The summed E-state index contributed by atoms with van der Waals surface area (Å²) in [6.07, 6.45) is 4.88. The van der Waals surface area contributed by atoms with E-state index in [1.165, 1.54) is 22.5 Å². The second kappa shape index (κ2) is 6.93. The molecule has 1 unspecified atom stereocenters. The number of halogens is 2. The molecule has 1 heterocycles. The van der Waals surface area contributed by atoms with E-state index in [0.717, 1.165) is 31.1 Å². The van der Waals surface area contributed by atoms with Crippen LogP contribution in [0.1, 0.15) is 61.9 Å². The fourth-order valence-corrected chi connectivity index (χ4v) is 4.74. The topological polar surface area (TPSA) is 22.0 Å². The van der Waals surface area contributed by atoms with Crippen molar-refractivity contribution in [1.29, 1.82) is 0 Å². The fraction of sp³-hybridized carbons (Fsp3) is 0.450. The van der Waals surface area contributed by atoms with Crippen molar-refractivity contribution in [1.82, 2.24) is 4.57 Å². The normalized spacial score (nSPS) is 17.2. The van der Waals surface area contributed by atoms with E-state index in [1.807, 2.05) is 18.2 Å². The summed E-state index contributed by atoms with van der Waals surface area (Å²) in [5, 5.41) is 1.34. The Morgan fingerprint density at radius 1 is 1.33 bits per heavy atom. The molecule has 0 saturated carbocycles. The molecule has 3 rings (SSSR count). The SMILES string of the molecule is CC(C)c1c(-c2ccc(Cl)cc2Cl)c2c(n1C)C(CC=O)CCC2. The van der Waals surface area contributed by atoms with Gasteiger partial charge in [0, 0.05) is 51.9 Å². The summed E-state index contributed by atoms with van der Waals surface area (Å²) >= 11 is 12.6. The first-order chi connectivity index (χ1) is 11.5. The smallest absolute Gasteiger partial charge is 0.120 e. The lowest BCUT2D eigenvalue weighted by atomic mass is 9.83. The summed E-state index contributed by atoms with van der Waals surface area (Å²) in [5.74, 6) is 0.688. The summed E-state index contributed by atoms with van der Waals surface area (Å²) in [5.41, 5.74) is 6.27. The summed E-state index contributed by atoms with van der Waals surface area (Å²) < 4.78 is 2.31. The van der Waals surface area contributed by atoms with Crippen molar-refractivity contribution in [2.75, 3.05) is 0 Å². The Kier molecular flexibility index (Phi) is 5.08. The lowest BCUT2D eigenvalue weighted by Gasteiger charge is -2.23. The molecule has 1 atom stereocenters. The van der Waals surface area contributed by atoms with E-state index in [4.69, 9.17) is 23.2 Å². The van der Waals surface area contributed by atoms with Crippen molar-refractivity contribution in [2.24, 2.45) is 7.05 Å². The Bertz CT molecular complexity index is 776. The predicted octanol–water partition coefficient (Wildman–Crippen LogP) is 6.13. The van der Waals surface area contributed by atoms with E-state index in [1.54, 1.807) is 0 Å². The molecule has 1 aliphatic rings.